The third kappa shape index (κ3) is 4.77. The molecule has 1 amide bonds. The van der Waals surface area contributed by atoms with E-state index in [1.54, 1.807) is 12.1 Å². The van der Waals surface area contributed by atoms with Crippen LogP contribution < -0.4 is 5.32 Å². The van der Waals surface area contributed by atoms with Crippen molar-refractivity contribution >= 4 is 21.6 Å². The molecule has 1 atom stereocenters. The van der Waals surface area contributed by atoms with E-state index in [0.717, 1.165) is 12.8 Å². The topological polar surface area (TPSA) is 99.5 Å². The summed E-state index contributed by atoms with van der Waals surface area (Å²) >= 11 is 0. The molecule has 1 fully saturated rings. The normalized spacial score (nSPS) is 17.6. The monoisotopic (exact) mass is 351 g/mol. The van der Waals surface area contributed by atoms with E-state index in [1.807, 2.05) is 6.07 Å². The first kappa shape index (κ1) is 18.4. The molecule has 130 valence electrons. The molecule has 1 N–H and O–H groups in total. The Hall–Kier alpha value is -1.95. The highest BCUT2D eigenvalue weighted by Crippen LogP contribution is 2.22. The van der Waals surface area contributed by atoms with Crippen LogP contribution in [0.5, 0.6) is 0 Å². The van der Waals surface area contributed by atoms with Crippen LogP contribution in [0.2, 0.25) is 0 Å². The first-order valence-corrected chi connectivity index (χ1v) is 9.24. The van der Waals surface area contributed by atoms with Gasteiger partial charge in [-0.3, -0.25) is 4.79 Å². The van der Waals surface area contributed by atoms with Gasteiger partial charge in [0.2, 0.25) is 15.9 Å². The Balaban J connectivity index is 2.18. The lowest BCUT2D eigenvalue weighted by atomic mass is 10.2. The fourth-order valence-corrected chi connectivity index (χ4v) is 4.03. The van der Waals surface area contributed by atoms with Crippen molar-refractivity contribution in [2.45, 2.75) is 37.2 Å². The lowest BCUT2D eigenvalue weighted by Crippen LogP contribution is -2.38. The minimum Gasteiger partial charge on any atom is -0.377 e. The van der Waals surface area contributed by atoms with Crippen molar-refractivity contribution in [1.29, 1.82) is 5.26 Å². The van der Waals surface area contributed by atoms with Crippen LogP contribution in [0.1, 0.15) is 26.2 Å². The number of anilines is 1. The van der Waals surface area contributed by atoms with Crippen LogP contribution in [0, 0.1) is 11.3 Å². The Morgan fingerprint density at radius 3 is 2.67 bits per heavy atom. The number of hydrogen-bond acceptors (Lipinski definition) is 5. The SMILES string of the molecule is CC(=O)Nc1ccc(S(=O)(=O)N(CCC#N)CC2CCCO2)cc1. The Kier molecular flexibility index (Phi) is 6.31. The number of nitriles is 1. The summed E-state index contributed by atoms with van der Waals surface area (Å²) in [6, 6.07) is 7.98. The molecule has 0 spiro atoms. The first-order chi connectivity index (χ1) is 11.4. The van der Waals surface area contributed by atoms with Crippen molar-refractivity contribution in [3.05, 3.63) is 24.3 Å². The number of carbonyl (C=O) groups excluding carboxylic acids is 1. The number of ether oxygens (including phenoxy) is 1. The Morgan fingerprint density at radius 2 is 2.12 bits per heavy atom. The maximum Gasteiger partial charge on any atom is 0.243 e. The van der Waals surface area contributed by atoms with Crippen LogP contribution in [0.15, 0.2) is 29.2 Å². The summed E-state index contributed by atoms with van der Waals surface area (Å²) in [4.78, 5) is 11.2. The molecule has 1 saturated heterocycles. The van der Waals surface area contributed by atoms with Gasteiger partial charge >= 0.3 is 0 Å². The van der Waals surface area contributed by atoms with Crippen molar-refractivity contribution in [1.82, 2.24) is 4.31 Å². The van der Waals surface area contributed by atoms with Crippen LogP contribution in [-0.2, 0) is 19.6 Å². The molecule has 7 nitrogen and oxygen atoms in total. The van der Waals surface area contributed by atoms with Crippen LogP contribution in [0.25, 0.3) is 0 Å². The van der Waals surface area contributed by atoms with E-state index in [2.05, 4.69) is 5.32 Å². The molecular weight excluding hydrogens is 330 g/mol. The zero-order chi connectivity index (χ0) is 17.6. The predicted molar refractivity (Wildman–Crippen MR) is 88.7 cm³/mol. The smallest absolute Gasteiger partial charge is 0.243 e. The highest BCUT2D eigenvalue weighted by molar-refractivity contribution is 7.89. The van der Waals surface area contributed by atoms with Gasteiger partial charge in [0.1, 0.15) is 0 Å². The number of rotatable bonds is 7. The predicted octanol–water partition coefficient (Wildman–Crippen LogP) is 1.73. The van der Waals surface area contributed by atoms with Crippen LogP contribution in [0.4, 0.5) is 5.69 Å². The third-order valence-electron chi connectivity index (χ3n) is 3.72. The molecule has 0 aromatic heterocycles. The van der Waals surface area contributed by atoms with Crippen molar-refractivity contribution in [3.63, 3.8) is 0 Å². The second-order valence-corrected chi connectivity index (χ2v) is 7.55. The summed E-state index contributed by atoms with van der Waals surface area (Å²) in [5.41, 5.74) is 0.532. The standard InChI is InChI=1S/C16H21N3O4S/c1-13(20)18-14-5-7-16(8-6-14)24(21,22)19(10-3-9-17)12-15-4-2-11-23-15/h5-8,15H,2-4,10-12H2,1H3,(H,18,20). The lowest BCUT2D eigenvalue weighted by Gasteiger charge is -2.24. The second-order valence-electron chi connectivity index (χ2n) is 5.61. The van der Waals surface area contributed by atoms with Gasteiger partial charge in [-0.2, -0.15) is 9.57 Å². The molecule has 0 saturated carbocycles. The van der Waals surface area contributed by atoms with Crippen molar-refractivity contribution in [3.8, 4) is 6.07 Å². The number of benzene rings is 1. The molecule has 2 rings (SSSR count). The molecule has 0 aliphatic carbocycles. The number of sulfonamides is 1. The molecule has 8 heteroatoms. The van der Waals surface area contributed by atoms with Gasteiger partial charge in [-0.25, -0.2) is 8.42 Å². The van der Waals surface area contributed by atoms with Crippen LogP contribution >= 0.6 is 0 Å². The quantitative estimate of drug-likeness (QED) is 0.806. The van der Waals surface area contributed by atoms with Crippen molar-refractivity contribution < 1.29 is 17.9 Å². The van der Waals surface area contributed by atoms with Gasteiger partial charge in [0.25, 0.3) is 0 Å². The zero-order valence-corrected chi connectivity index (χ0v) is 14.4. The van der Waals surface area contributed by atoms with Gasteiger partial charge in [0.05, 0.1) is 17.1 Å². The molecule has 1 heterocycles. The number of nitrogens with zero attached hydrogens (tertiary/aromatic N) is 2. The van der Waals surface area contributed by atoms with E-state index in [4.69, 9.17) is 10.00 Å². The van der Waals surface area contributed by atoms with E-state index in [9.17, 15) is 13.2 Å². The number of hydrogen-bond donors (Lipinski definition) is 1. The second kappa shape index (κ2) is 8.24. The summed E-state index contributed by atoms with van der Waals surface area (Å²) in [7, 11) is -3.72. The lowest BCUT2D eigenvalue weighted by molar-refractivity contribution is -0.114. The highest BCUT2D eigenvalue weighted by atomic mass is 32.2. The van der Waals surface area contributed by atoms with E-state index < -0.39 is 10.0 Å². The van der Waals surface area contributed by atoms with E-state index in [1.165, 1.54) is 23.4 Å². The highest BCUT2D eigenvalue weighted by Gasteiger charge is 2.28. The van der Waals surface area contributed by atoms with E-state index in [0.29, 0.717) is 12.3 Å². The minimum atomic E-state index is -3.72. The zero-order valence-electron chi connectivity index (χ0n) is 13.6. The van der Waals surface area contributed by atoms with Crippen molar-refractivity contribution in [2.24, 2.45) is 0 Å². The Labute approximate surface area is 142 Å². The fraction of sp³-hybridized carbons (Fsp3) is 0.500. The molecule has 1 aliphatic rings. The molecule has 1 aromatic carbocycles. The molecule has 24 heavy (non-hydrogen) atoms. The fourth-order valence-electron chi connectivity index (χ4n) is 2.56. The summed E-state index contributed by atoms with van der Waals surface area (Å²) in [6.07, 6.45) is 1.73. The average Bonchev–Trinajstić information content (AvgIpc) is 3.04. The van der Waals surface area contributed by atoms with E-state index in [-0.39, 0.29) is 36.4 Å². The molecule has 1 unspecified atom stereocenters. The molecular formula is C16H21N3O4S. The summed E-state index contributed by atoms with van der Waals surface area (Å²) in [5, 5.41) is 11.4. The van der Waals surface area contributed by atoms with Gasteiger partial charge in [-0.15, -0.1) is 0 Å². The number of carbonyl (C=O) groups is 1. The summed E-state index contributed by atoms with van der Waals surface area (Å²) in [6.45, 7) is 2.40. The third-order valence-corrected chi connectivity index (χ3v) is 5.60. The summed E-state index contributed by atoms with van der Waals surface area (Å²) in [5.74, 6) is -0.223. The molecule has 1 aromatic rings. The number of amides is 1. The van der Waals surface area contributed by atoms with Crippen molar-refractivity contribution in [2.75, 3.05) is 25.0 Å². The maximum absolute atomic E-state index is 12.8. The maximum atomic E-state index is 12.8. The molecule has 1 aliphatic heterocycles. The van der Waals surface area contributed by atoms with Gasteiger partial charge < -0.3 is 10.1 Å². The van der Waals surface area contributed by atoms with E-state index >= 15 is 0 Å². The Morgan fingerprint density at radius 1 is 1.42 bits per heavy atom. The first-order valence-electron chi connectivity index (χ1n) is 7.80. The summed E-state index contributed by atoms with van der Waals surface area (Å²) < 4.78 is 32.5. The number of nitrogens with one attached hydrogen (secondary N) is 1. The molecule has 0 bridgehead atoms. The van der Waals surface area contributed by atoms with Gasteiger partial charge in [-0.1, -0.05) is 0 Å². The molecule has 0 radical (unpaired) electrons. The van der Waals surface area contributed by atoms with Gasteiger partial charge in [0, 0.05) is 38.7 Å². The van der Waals surface area contributed by atoms with Gasteiger partial charge in [0.15, 0.2) is 0 Å². The largest absolute Gasteiger partial charge is 0.377 e. The van der Waals surface area contributed by atoms with Gasteiger partial charge in [-0.05, 0) is 37.1 Å². The van der Waals surface area contributed by atoms with Crippen LogP contribution in [0.3, 0.4) is 0 Å². The average molecular weight is 351 g/mol. The van der Waals surface area contributed by atoms with Crippen LogP contribution in [-0.4, -0.2) is 44.4 Å². The Bertz CT molecular complexity index is 704. The minimum absolute atomic E-state index is 0.121.